The maximum Gasteiger partial charge on any atom is 0.253 e. The van der Waals surface area contributed by atoms with Crippen molar-refractivity contribution in [3.8, 4) is 0 Å². The van der Waals surface area contributed by atoms with Gasteiger partial charge in [0.2, 0.25) is 0 Å². The number of fused-ring (bicyclic) bond motifs is 1. The summed E-state index contributed by atoms with van der Waals surface area (Å²) in [4.78, 5) is 16.3. The molecule has 0 radical (unpaired) electrons. The van der Waals surface area contributed by atoms with Gasteiger partial charge in [0, 0.05) is 18.0 Å². The van der Waals surface area contributed by atoms with Crippen LogP contribution in [0, 0.1) is 18.7 Å². The van der Waals surface area contributed by atoms with Crippen molar-refractivity contribution < 1.29 is 9.18 Å². The summed E-state index contributed by atoms with van der Waals surface area (Å²) in [5.74, 6) is -0.0619. The first kappa shape index (κ1) is 13.5. The molecule has 4 heteroatoms. The average Bonchev–Trinajstić information content (AvgIpc) is 2.35. The molecule has 2 aromatic rings. The fraction of sp³-hybridized carbons (Fsp3) is 0.333. The number of aromatic nitrogens is 1. The first-order valence-electron chi connectivity index (χ1n) is 6.32. The number of amides is 1. The zero-order valence-corrected chi connectivity index (χ0v) is 11.3. The summed E-state index contributed by atoms with van der Waals surface area (Å²) in [6.45, 7) is 6.46. The van der Waals surface area contributed by atoms with Gasteiger partial charge >= 0.3 is 0 Å². The smallest absolute Gasteiger partial charge is 0.253 e. The van der Waals surface area contributed by atoms with Crippen molar-refractivity contribution >= 4 is 16.8 Å². The van der Waals surface area contributed by atoms with E-state index in [0.29, 0.717) is 29.2 Å². The van der Waals surface area contributed by atoms with Crippen molar-refractivity contribution in [1.29, 1.82) is 0 Å². The number of benzene rings is 1. The van der Waals surface area contributed by atoms with Gasteiger partial charge in [0.1, 0.15) is 5.82 Å². The quantitative estimate of drug-likeness (QED) is 0.921. The second-order valence-electron chi connectivity index (χ2n) is 5.06. The minimum Gasteiger partial charge on any atom is -0.352 e. The number of carbonyl (C=O) groups excluding carboxylic acids is 1. The van der Waals surface area contributed by atoms with E-state index in [0.717, 1.165) is 5.39 Å². The maximum absolute atomic E-state index is 13.1. The highest BCUT2D eigenvalue weighted by molar-refractivity contribution is 5.98. The molecule has 0 fully saturated rings. The molecule has 100 valence electrons. The largest absolute Gasteiger partial charge is 0.352 e. The van der Waals surface area contributed by atoms with E-state index in [4.69, 9.17) is 0 Å². The SMILES string of the molecule is Cc1nc2cc(F)ccc2cc1C(=O)NCC(C)C. The molecular formula is C15H17FN2O. The van der Waals surface area contributed by atoms with E-state index in [1.54, 1.807) is 19.1 Å². The van der Waals surface area contributed by atoms with Crippen LogP contribution in [0.15, 0.2) is 24.3 Å². The third-order valence-corrected chi connectivity index (χ3v) is 2.89. The van der Waals surface area contributed by atoms with Crippen LogP contribution in [0.4, 0.5) is 4.39 Å². The normalized spacial score (nSPS) is 11.0. The molecule has 0 aliphatic rings. The Labute approximate surface area is 111 Å². The number of carbonyl (C=O) groups is 1. The molecule has 19 heavy (non-hydrogen) atoms. The first-order valence-corrected chi connectivity index (χ1v) is 6.32. The monoisotopic (exact) mass is 260 g/mol. The summed E-state index contributed by atoms with van der Waals surface area (Å²) in [6.07, 6.45) is 0. The van der Waals surface area contributed by atoms with Gasteiger partial charge in [0.15, 0.2) is 0 Å². The van der Waals surface area contributed by atoms with Crippen LogP contribution in [0.25, 0.3) is 10.9 Å². The summed E-state index contributed by atoms with van der Waals surface area (Å²) in [5.41, 5.74) is 1.72. The standard InChI is InChI=1S/C15H17FN2O/c1-9(2)8-17-15(19)13-6-11-4-5-12(16)7-14(11)18-10(13)3/h4-7,9H,8H2,1-3H3,(H,17,19). The van der Waals surface area contributed by atoms with Gasteiger partial charge in [-0.2, -0.15) is 0 Å². The Morgan fingerprint density at radius 2 is 2.11 bits per heavy atom. The molecule has 1 heterocycles. The average molecular weight is 260 g/mol. The fourth-order valence-corrected chi connectivity index (χ4v) is 1.86. The van der Waals surface area contributed by atoms with Crippen LogP contribution in [0.3, 0.4) is 0 Å². The van der Waals surface area contributed by atoms with Crippen molar-refractivity contribution in [2.45, 2.75) is 20.8 Å². The van der Waals surface area contributed by atoms with Crippen LogP contribution >= 0.6 is 0 Å². The maximum atomic E-state index is 13.1. The first-order chi connectivity index (χ1) is 8.97. The predicted molar refractivity (Wildman–Crippen MR) is 73.6 cm³/mol. The Morgan fingerprint density at radius 3 is 2.79 bits per heavy atom. The topological polar surface area (TPSA) is 42.0 Å². The Morgan fingerprint density at radius 1 is 1.37 bits per heavy atom. The molecule has 1 aromatic carbocycles. The van der Waals surface area contributed by atoms with Gasteiger partial charge in [-0.25, -0.2) is 4.39 Å². The highest BCUT2D eigenvalue weighted by Gasteiger charge is 2.12. The van der Waals surface area contributed by atoms with Gasteiger partial charge in [0.25, 0.3) is 5.91 Å². The second-order valence-corrected chi connectivity index (χ2v) is 5.06. The van der Waals surface area contributed by atoms with E-state index in [1.807, 2.05) is 13.8 Å². The highest BCUT2D eigenvalue weighted by Crippen LogP contribution is 2.17. The summed E-state index contributed by atoms with van der Waals surface area (Å²) in [7, 11) is 0. The van der Waals surface area contributed by atoms with Gasteiger partial charge in [-0.3, -0.25) is 9.78 Å². The molecule has 0 spiro atoms. The van der Waals surface area contributed by atoms with E-state index in [1.165, 1.54) is 12.1 Å². The molecule has 0 aliphatic carbocycles. The number of hydrogen-bond acceptors (Lipinski definition) is 2. The number of nitrogens with one attached hydrogen (secondary N) is 1. The molecule has 0 bridgehead atoms. The number of halogens is 1. The van der Waals surface area contributed by atoms with Crippen LogP contribution in [0.2, 0.25) is 0 Å². The van der Waals surface area contributed by atoms with Crippen molar-refractivity contribution in [2.75, 3.05) is 6.54 Å². The molecular weight excluding hydrogens is 243 g/mol. The molecule has 0 saturated heterocycles. The number of aryl methyl sites for hydroxylation is 1. The second kappa shape index (κ2) is 5.34. The molecule has 1 amide bonds. The number of hydrogen-bond donors (Lipinski definition) is 1. The third-order valence-electron chi connectivity index (χ3n) is 2.89. The van der Waals surface area contributed by atoms with E-state index >= 15 is 0 Å². The molecule has 1 N–H and O–H groups in total. The summed E-state index contributed by atoms with van der Waals surface area (Å²) >= 11 is 0. The van der Waals surface area contributed by atoms with Crippen molar-refractivity contribution in [3.05, 3.63) is 41.3 Å². The van der Waals surface area contributed by atoms with Gasteiger partial charge in [-0.15, -0.1) is 0 Å². The van der Waals surface area contributed by atoms with Gasteiger partial charge in [0.05, 0.1) is 16.8 Å². The Balaban J connectivity index is 2.36. The Bertz CT molecular complexity index is 623. The minimum absolute atomic E-state index is 0.134. The fourth-order valence-electron chi connectivity index (χ4n) is 1.86. The molecule has 3 nitrogen and oxygen atoms in total. The Hall–Kier alpha value is -1.97. The lowest BCUT2D eigenvalue weighted by molar-refractivity contribution is 0.0948. The van der Waals surface area contributed by atoms with Gasteiger partial charge in [-0.1, -0.05) is 13.8 Å². The number of nitrogens with zero attached hydrogens (tertiary/aromatic N) is 1. The Kier molecular flexibility index (Phi) is 3.79. The molecule has 0 aliphatic heterocycles. The van der Waals surface area contributed by atoms with Crippen LogP contribution in [-0.4, -0.2) is 17.4 Å². The van der Waals surface area contributed by atoms with E-state index in [2.05, 4.69) is 10.3 Å². The molecule has 1 aromatic heterocycles. The summed E-state index contributed by atoms with van der Waals surface area (Å²) in [5, 5.41) is 3.63. The van der Waals surface area contributed by atoms with Crippen LogP contribution in [0.5, 0.6) is 0 Å². The van der Waals surface area contributed by atoms with Crippen molar-refractivity contribution in [2.24, 2.45) is 5.92 Å². The lowest BCUT2D eigenvalue weighted by atomic mass is 10.1. The van der Waals surface area contributed by atoms with E-state index < -0.39 is 0 Å². The zero-order valence-electron chi connectivity index (χ0n) is 11.3. The molecule has 0 atom stereocenters. The number of pyridine rings is 1. The van der Waals surface area contributed by atoms with E-state index in [9.17, 15) is 9.18 Å². The molecule has 0 unspecified atom stereocenters. The predicted octanol–water partition coefficient (Wildman–Crippen LogP) is 3.07. The minimum atomic E-state index is -0.323. The highest BCUT2D eigenvalue weighted by atomic mass is 19.1. The van der Waals surface area contributed by atoms with Gasteiger partial charge in [-0.05, 0) is 31.0 Å². The van der Waals surface area contributed by atoms with Crippen molar-refractivity contribution in [3.63, 3.8) is 0 Å². The zero-order chi connectivity index (χ0) is 14.0. The summed E-state index contributed by atoms with van der Waals surface area (Å²) < 4.78 is 13.1. The lowest BCUT2D eigenvalue weighted by Gasteiger charge is -2.10. The molecule has 2 rings (SSSR count). The summed E-state index contributed by atoms with van der Waals surface area (Å²) in [6, 6.07) is 6.14. The third kappa shape index (κ3) is 3.08. The van der Waals surface area contributed by atoms with Crippen LogP contribution in [0.1, 0.15) is 29.9 Å². The number of rotatable bonds is 3. The molecule has 0 saturated carbocycles. The van der Waals surface area contributed by atoms with E-state index in [-0.39, 0.29) is 11.7 Å². The van der Waals surface area contributed by atoms with Gasteiger partial charge < -0.3 is 5.32 Å². The van der Waals surface area contributed by atoms with Crippen LogP contribution in [-0.2, 0) is 0 Å². The van der Waals surface area contributed by atoms with Crippen molar-refractivity contribution in [1.82, 2.24) is 10.3 Å². The lowest BCUT2D eigenvalue weighted by Crippen LogP contribution is -2.28. The van der Waals surface area contributed by atoms with Crippen LogP contribution < -0.4 is 5.32 Å².